The molecule has 1 aliphatic rings. The van der Waals surface area contributed by atoms with Gasteiger partial charge in [-0.2, -0.15) is 0 Å². The lowest BCUT2D eigenvalue weighted by atomic mass is 10.1. The molecular formula is C14H17ClN2O5. The Morgan fingerprint density at radius 2 is 1.91 bits per heavy atom. The van der Waals surface area contributed by atoms with Crippen molar-refractivity contribution in [2.75, 3.05) is 32.6 Å². The molecule has 1 aliphatic heterocycles. The van der Waals surface area contributed by atoms with E-state index in [2.05, 4.69) is 5.32 Å². The number of carboxylic acids is 1. The smallest absolute Gasteiger partial charge is 0.321 e. The maximum Gasteiger partial charge on any atom is 0.321 e. The topological polar surface area (TPSA) is 88.1 Å². The van der Waals surface area contributed by atoms with Crippen molar-refractivity contribution in [3.05, 3.63) is 17.2 Å². The van der Waals surface area contributed by atoms with Gasteiger partial charge in [-0.15, -0.1) is 0 Å². The third-order valence-corrected chi connectivity index (χ3v) is 3.89. The molecule has 0 bridgehead atoms. The summed E-state index contributed by atoms with van der Waals surface area (Å²) in [6.07, 6.45) is 0.454. The number of ether oxygens (including phenoxy) is 2. The van der Waals surface area contributed by atoms with Gasteiger partial charge in [0.05, 0.1) is 20.1 Å². The number of nitrogens with one attached hydrogen (secondary N) is 1. The molecule has 2 N–H and O–H groups in total. The normalized spacial score (nSPS) is 17.2. The Balaban J connectivity index is 2.10. The molecule has 7 nitrogen and oxygen atoms in total. The van der Waals surface area contributed by atoms with Gasteiger partial charge in [0.1, 0.15) is 16.5 Å². The average Bonchev–Trinajstić information content (AvgIpc) is 2.99. The van der Waals surface area contributed by atoms with Gasteiger partial charge in [-0.05, 0) is 6.42 Å². The Kier molecular flexibility index (Phi) is 4.97. The predicted molar refractivity (Wildman–Crippen MR) is 80.9 cm³/mol. The summed E-state index contributed by atoms with van der Waals surface area (Å²) in [7, 11) is 2.92. The zero-order chi connectivity index (χ0) is 16.3. The van der Waals surface area contributed by atoms with E-state index in [1.807, 2.05) is 0 Å². The molecule has 0 radical (unpaired) electrons. The number of aliphatic carboxylic acids is 1. The van der Waals surface area contributed by atoms with Crippen molar-refractivity contribution in [3.8, 4) is 11.5 Å². The first-order valence-electron chi connectivity index (χ1n) is 6.66. The third-order valence-electron chi connectivity index (χ3n) is 3.52. The number of halogens is 1. The second-order valence-electron chi connectivity index (χ2n) is 4.89. The van der Waals surface area contributed by atoms with E-state index in [0.29, 0.717) is 35.2 Å². The van der Waals surface area contributed by atoms with E-state index in [-0.39, 0.29) is 12.6 Å². The van der Waals surface area contributed by atoms with E-state index in [0.717, 1.165) is 0 Å². The average molecular weight is 329 g/mol. The second-order valence-corrected chi connectivity index (χ2v) is 5.27. The Morgan fingerprint density at radius 1 is 1.32 bits per heavy atom. The van der Waals surface area contributed by atoms with Gasteiger partial charge < -0.3 is 24.8 Å². The number of anilines is 1. The molecule has 2 amide bonds. The van der Waals surface area contributed by atoms with Gasteiger partial charge in [0.2, 0.25) is 0 Å². The van der Waals surface area contributed by atoms with E-state index in [4.69, 9.17) is 26.2 Å². The van der Waals surface area contributed by atoms with Crippen molar-refractivity contribution in [1.82, 2.24) is 4.90 Å². The minimum atomic E-state index is -0.884. The van der Waals surface area contributed by atoms with Crippen LogP contribution in [0.15, 0.2) is 12.1 Å². The SMILES string of the molecule is COc1cc(NC(=O)N2CCC(C(=O)O)C2)cc(OC)c1Cl. The fourth-order valence-electron chi connectivity index (χ4n) is 2.29. The summed E-state index contributed by atoms with van der Waals surface area (Å²) < 4.78 is 10.3. The number of hydrogen-bond donors (Lipinski definition) is 2. The summed E-state index contributed by atoms with van der Waals surface area (Å²) in [6, 6.07) is 2.79. The molecule has 8 heteroatoms. The lowest BCUT2D eigenvalue weighted by Gasteiger charge is -2.18. The van der Waals surface area contributed by atoms with E-state index in [1.165, 1.54) is 19.1 Å². The Hall–Kier alpha value is -2.15. The molecule has 0 aliphatic carbocycles. The number of benzene rings is 1. The van der Waals surface area contributed by atoms with Crippen LogP contribution < -0.4 is 14.8 Å². The summed E-state index contributed by atoms with van der Waals surface area (Å²) in [5.41, 5.74) is 0.460. The minimum absolute atomic E-state index is 0.197. The molecule has 1 saturated heterocycles. The molecule has 1 atom stereocenters. The molecule has 2 rings (SSSR count). The number of methoxy groups -OCH3 is 2. The fraction of sp³-hybridized carbons (Fsp3) is 0.429. The molecule has 22 heavy (non-hydrogen) atoms. The molecular weight excluding hydrogens is 312 g/mol. The molecule has 120 valence electrons. The van der Waals surface area contributed by atoms with Crippen molar-refractivity contribution in [2.24, 2.45) is 5.92 Å². The summed E-state index contributed by atoms with van der Waals surface area (Å²) in [5, 5.41) is 12.0. The first-order valence-corrected chi connectivity index (χ1v) is 7.04. The van der Waals surface area contributed by atoms with E-state index >= 15 is 0 Å². The van der Waals surface area contributed by atoms with E-state index in [9.17, 15) is 9.59 Å². The van der Waals surface area contributed by atoms with Crippen LogP contribution in [0.4, 0.5) is 10.5 Å². The quantitative estimate of drug-likeness (QED) is 0.885. The van der Waals surface area contributed by atoms with Gasteiger partial charge in [-0.25, -0.2) is 4.79 Å². The molecule has 1 unspecified atom stereocenters. The van der Waals surface area contributed by atoms with Gasteiger partial charge in [-0.1, -0.05) is 11.6 Å². The number of carboxylic acid groups (broad SMARTS) is 1. The van der Waals surface area contributed by atoms with Gasteiger partial charge in [0.15, 0.2) is 0 Å². The summed E-state index contributed by atoms with van der Waals surface area (Å²) >= 11 is 6.06. The molecule has 0 aromatic heterocycles. The third kappa shape index (κ3) is 3.36. The highest BCUT2D eigenvalue weighted by molar-refractivity contribution is 6.33. The molecule has 0 spiro atoms. The van der Waals surface area contributed by atoms with Crippen LogP contribution in [0, 0.1) is 5.92 Å². The molecule has 0 saturated carbocycles. The maximum atomic E-state index is 12.2. The first-order chi connectivity index (χ1) is 10.5. The maximum absolute atomic E-state index is 12.2. The fourth-order valence-corrected chi connectivity index (χ4v) is 2.55. The van der Waals surface area contributed by atoms with Crippen molar-refractivity contribution in [1.29, 1.82) is 0 Å². The van der Waals surface area contributed by atoms with Crippen LogP contribution in [0.1, 0.15) is 6.42 Å². The van der Waals surface area contributed by atoms with Crippen molar-refractivity contribution in [2.45, 2.75) is 6.42 Å². The highest BCUT2D eigenvalue weighted by Crippen LogP contribution is 2.37. The molecule has 1 fully saturated rings. The second kappa shape index (κ2) is 6.74. The van der Waals surface area contributed by atoms with Crippen LogP contribution in [-0.4, -0.2) is 49.3 Å². The van der Waals surface area contributed by atoms with Gasteiger partial charge in [0.25, 0.3) is 0 Å². The minimum Gasteiger partial charge on any atom is -0.495 e. The molecule has 1 aromatic carbocycles. The molecule has 1 aromatic rings. The zero-order valence-corrected chi connectivity index (χ0v) is 13.0. The Morgan fingerprint density at radius 3 is 2.36 bits per heavy atom. The summed E-state index contributed by atoms with van der Waals surface area (Å²) in [5.74, 6) is -0.646. The lowest BCUT2D eigenvalue weighted by Crippen LogP contribution is -2.33. The number of hydrogen-bond acceptors (Lipinski definition) is 4. The van der Waals surface area contributed by atoms with Crippen LogP contribution in [-0.2, 0) is 4.79 Å². The Bertz CT molecular complexity index is 568. The van der Waals surface area contributed by atoms with Crippen molar-refractivity contribution in [3.63, 3.8) is 0 Å². The summed E-state index contributed by atoms with van der Waals surface area (Å²) in [6.45, 7) is 0.605. The van der Waals surface area contributed by atoms with Crippen molar-refractivity contribution >= 4 is 29.3 Å². The number of rotatable bonds is 4. The summed E-state index contributed by atoms with van der Waals surface area (Å²) in [4.78, 5) is 24.6. The van der Waals surface area contributed by atoms with Crippen LogP contribution in [0.5, 0.6) is 11.5 Å². The number of urea groups is 1. The van der Waals surface area contributed by atoms with Gasteiger partial charge in [-0.3, -0.25) is 4.79 Å². The lowest BCUT2D eigenvalue weighted by molar-refractivity contribution is -0.141. The number of nitrogens with zero attached hydrogens (tertiary/aromatic N) is 1. The number of carbonyl (C=O) groups excluding carboxylic acids is 1. The van der Waals surface area contributed by atoms with E-state index < -0.39 is 11.9 Å². The zero-order valence-electron chi connectivity index (χ0n) is 12.3. The highest BCUT2D eigenvalue weighted by atomic mass is 35.5. The highest BCUT2D eigenvalue weighted by Gasteiger charge is 2.31. The van der Waals surface area contributed by atoms with Crippen LogP contribution in [0.2, 0.25) is 5.02 Å². The van der Waals surface area contributed by atoms with Gasteiger partial charge in [0, 0.05) is 30.9 Å². The molecule has 1 heterocycles. The predicted octanol–water partition coefficient (Wildman–Crippen LogP) is 2.30. The number of carbonyl (C=O) groups is 2. The van der Waals surface area contributed by atoms with E-state index in [1.54, 1.807) is 12.1 Å². The van der Waals surface area contributed by atoms with Crippen LogP contribution in [0.25, 0.3) is 0 Å². The van der Waals surface area contributed by atoms with Gasteiger partial charge >= 0.3 is 12.0 Å². The Labute approximate surface area is 132 Å². The standard InChI is InChI=1S/C14H17ClN2O5/c1-21-10-5-9(6-11(22-2)12(10)15)16-14(20)17-4-3-8(7-17)13(18)19/h5-6,8H,3-4,7H2,1-2H3,(H,16,20)(H,18,19). The van der Waals surface area contributed by atoms with Crippen LogP contribution >= 0.6 is 11.6 Å². The first kappa shape index (κ1) is 16.2. The monoisotopic (exact) mass is 328 g/mol. The largest absolute Gasteiger partial charge is 0.495 e. The number of amides is 2. The number of likely N-dealkylation sites (tertiary alicyclic amines) is 1. The van der Waals surface area contributed by atoms with Crippen LogP contribution in [0.3, 0.4) is 0 Å². The van der Waals surface area contributed by atoms with Crippen molar-refractivity contribution < 1.29 is 24.2 Å².